The van der Waals surface area contributed by atoms with Gasteiger partial charge < -0.3 is 20.3 Å². The number of carbonyl (C=O) groups excluding carboxylic acids is 2. The van der Waals surface area contributed by atoms with Crippen molar-refractivity contribution in [2.75, 3.05) is 11.9 Å². The van der Waals surface area contributed by atoms with E-state index in [4.69, 9.17) is 4.52 Å². The second-order valence-corrected chi connectivity index (χ2v) is 6.54. The number of nitrogens with zero attached hydrogens (tertiary/aromatic N) is 3. The molecule has 9 heteroatoms. The van der Waals surface area contributed by atoms with Crippen molar-refractivity contribution in [1.82, 2.24) is 20.3 Å². The number of nitrogens with one attached hydrogen (secondary N) is 2. The Bertz CT molecular complexity index is 1020. The van der Waals surface area contributed by atoms with E-state index in [1.54, 1.807) is 12.1 Å². The quantitative estimate of drug-likeness (QED) is 0.624. The number of aromatic hydroxyl groups is 1. The van der Waals surface area contributed by atoms with E-state index in [0.29, 0.717) is 29.4 Å². The third-order valence-electron chi connectivity index (χ3n) is 4.45. The van der Waals surface area contributed by atoms with Crippen LogP contribution in [0.15, 0.2) is 41.1 Å². The number of rotatable bonds is 5. The lowest BCUT2D eigenvalue weighted by Crippen LogP contribution is -2.30. The summed E-state index contributed by atoms with van der Waals surface area (Å²) in [5, 5.41) is 23.7. The fraction of sp³-hybridized carbons (Fsp3) is 0.263. The molecule has 1 fully saturated rings. The number of hydrogen-bond acceptors (Lipinski definition) is 6. The summed E-state index contributed by atoms with van der Waals surface area (Å²) in [6, 6.07) is 7.70. The highest BCUT2D eigenvalue weighted by Gasteiger charge is 2.30. The van der Waals surface area contributed by atoms with Gasteiger partial charge in [-0.1, -0.05) is 5.16 Å². The summed E-state index contributed by atoms with van der Waals surface area (Å²) in [4.78, 5) is 24.3. The molecule has 0 atom stereocenters. The normalized spacial score (nSPS) is 13.3. The number of phenols is 1. The third kappa shape index (κ3) is 3.46. The molecule has 0 radical (unpaired) electrons. The fourth-order valence-corrected chi connectivity index (χ4v) is 2.94. The summed E-state index contributed by atoms with van der Waals surface area (Å²) >= 11 is 0. The second-order valence-electron chi connectivity index (χ2n) is 6.54. The first-order chi connectivity index (χ1) is 13.6. The van der Waals surface area contributed by atoms with Gasteiger partial charge in [0.25, 0.3) is 5.91 Å². The molecule has 28 heavy (non-hydrogen) atoms. The zero-order valence-corrected chi connectivity index (χ0v) is 15.2. The minimum atomic E-state index is -0.471. The zero-order valence-electron chi connectivity index (χ0n) is 15.2. The van der Waals surface area contributed by atoms with Gasteiger partial charge in [-0.05, 0) is 38.0 Å². The molecule has 1 aliphatic carbocycles. The highest BCUT2D eigenvalue weighted by atomic mass is 16.5. The molecule has 1 aliphatic rings. The molecule has 2 heterocycles. The molecule has 0 saturated heterocycles. The van der Waals surface area contributed by atoms with E-state index in [1.807, 2.05) is 13.0 Å². The van der Waals surface area contributed by atoms with Crippen molar-refractivity contribution in [3.05, 3.63) is 48.0 Å². The van der Waals surface area contributed by atoms with Crippen LogP contribution in [0.3, 0.4) is 0 Å². The molecule has 0 spiro atoms. The smallest absolute Gasteiger partial charge is 0.342 e. The van der Waals surface area contributed by atoms with Crippen LogP contribution in [0.4, 0.5) is 10.5 Å². The monoisotopic (exact) mass is 381 g/mol. The van der Waals surface area contributed by atoms with Crippen LogP contribution in [-0.2, 0) is 0 Å². The second kappa shape index (κ2) is 7.18. The Hall–Kier alpha value is -3.62. The maximum Gasteiger partial charge on any atom is 0.342 e. The SMILES string of the molecule is CCNC(=O)n1nc(-c2ccc(NC(=O)c3ccno3)cc2O)cc1C1CC1. The van der Waals surface area contributed by atoms with E-state index in [9.17, 15) is 14.7 Å². The summed E-state index contributed by atoms with van der Waals surface area (Å²) in [6.45, 7) is 2.35. The Morgan fingerprint density at radius 1 is 1.29 bits per heavy atom. The topological polar surface area (TPSA) is 122 Å². The van der Waals surface area contributed by atoms with Crippen LogP contribution in [0.5, 0.6) is 5.75 Å². The van der Waals surface area contributed by atoms with Gasteiger partial charge in [-0.2, -0.15) is 9.78 Å². The van der Waals surface area contributed by atoms with E-state index in [1.165, 1.54) is 23.0 Å². The Morgan fingerprint density at radius 3 is 2.75 bits per heavy atom. The Morgan fingerprint density at radius 2 is 2.11 bits per heavy atom. The van der Waals surface area contributed by atoms with Gasteiger partial charge in [0.05, 0.1) is 17.6 Å². The third-order valence-corrected chi connectivity index (χ3v) is 4.45. The van der Waals surface area contributed by atoms with Crippen LogP contribution >= 0.6 is 0 Å². The lowest BCUT2D eigenvalue weighted by molar-refractivity contribution is 0.0988. The first-order valence-electron chi connectivity index (χ1n) is 9.00. The number of phenolic OH excluding ortho intramolecular Hbond substituents is 1. The van der Waals surface area contributed by atoms with Gasteiger partial charge in [-0.25, -0.2) is 4.79 Å². The van der Waals surface area contributed by atoms with E-state index in [2.05, 4.69) is 20.9 Å². The number of carbonyl (C=O) groups is 2. The number of hydrogen-bond donors (Lipinski definition) is 3. The van der Waals surface area contributed by atoms with Crippen molar-refractivity contribution in [3.63, 3.8) is 0 Å². The predicted octanol–water partition coefficient (Wildman–Crippen LogP) is 2.95. The average molecular weight is 381 g/mol. The molecule has 4 rings (SSSR count). The van der Waals surface area contributed by atoms with Crippen molar-refractivity contribution in [3.8, 4) is 17.0 Å². The first kappa shape index (κ1) is 17.8. The molecule has 0 bridgehead atoms. The van der Waals surface area contributed by atoms with Crippen LogP contribution in [0.1, 0.15) is 41.9 Å². The largest absolute Gasteiger partial charge is 0.507 e. The van der Waals surface area contributed by atoms with Gasteiger partial charge in [0, 0.05) is 35.8 Å². The maximum atomic E-state index is 12.3. The average Bonchev–Trinajstić information content (AvgIpc) is 3.19. The Labute approximate surface area is 160 Å². The van der Waals surface area contributed by atoms with Crippen LogP contribution in [0.2, 0.25) is 0 Å². The molecule has 0 aliphatic heterocycles. The molecule has 9 nitrogen and oxygen atoms in total. The van der Waals surface area contributed by atoms with Gasteiger partial charge in [0.15, 0.2) is 0 Å². The van der Waals surface area contributed by atoms with Crippen molar-refractivity contribution < 1.29 is 19.2 Å². The molecule has 0 unspecified atom stereocenters. The van der Waals surface area contributed by atoms with Crippen molar-refractivity contribution in [2.45, 2.75) is 25.7 Å². The zero-order chi connectivity index (χ0) is 19.7. The Kier molecular flexibility index (Phi) is 4.56. The number of amides is 2. The fourth-order valence-electron chi connectivity index (χ4n) is 2.94. The maximum absolute atomic E-state index is 12.3. The number of aromatic nitrogens is 3. The highest BCUT2D eigenvalue weighted by Crippen LogP contribution is 2.42. The predicted molar refractivity (Wildman–Crippen MR) is 100 cm³/mol. The molecular weight excluding hydrogens is 362 g/mol. The van der Waals surface area contributed by atoms with E-state index in [0.717, 1.165) is 18.5 Å². The minimum absolute atomic E-state index is 0.0572. The lowest BCUT2D eigenvalue weighted by atomic mass is 10.1. The minimum Gasteiger partial charge on any atom is -0.507 e. The molecule has 3 N–H and O–H groups in total. The molecule has 1 saturated carbocycles. The van der Waals surface area contributed by atoms with Gasteiger partial charge in [-0.3, -0.25) is 4.79 Å². The van der Waals surface area contributed by atoms with Gasteiger partial charge in [-0.15, -0.1) is 0 Å². The standard InChI is InChI=1S/C19H19N5O4/c1-2-20-19(27)24-15(11-3-4-11)10-14(23-24)13-6-5-12(9-16(13)25)22-18(26)17-7-8-21-28-17/h5-11,25H,2-4H2,1H3,(H,20,27)(H,22,26). The van der Waals surface area contributed by atoms with Crippen molar-refractivity contribution in [2.24, 2.45) is 0 Å². The first-order valence-corrected chi connectivity index (χ1v) is 9.00. The molecule has 2 aromatic heterocycles. The van der Waals surface area contributed by atoms with E-state index >= 15 is 0 Å². The van der Waals surface area contributed by atoms with Crippen LogP contribution < -0.4 is 10.6 Å². The van der Waals surface area contributed by atoms with E-state index in [-0.39, 0.29) is 17.5 Å². The van der Waals surface area contributed by atoms with E-state index < -0.39 is 5.91 Å². The van der Waals surface area contributed by atoms with Crippen LogP contribution in [0, 0.1) is 0 Å². The van der Waals surface area contributed by atoms with Crippen molar-refractivity contribution >= 4 is 17.6 Å². The summed E-state index contributed by atoms with van der Waals surface area (Å²) in [6.07, 6.45) is 3.41. The molecular formula is C19H19N5O4. The lowest BCUT2D eigenvalue weighted by Gasteiger charge is -2.07. The summed E-state index contributed by atoms with van der Waals surface area (Å²) in [5.41, 5.74) is 2.21. The number of benzene rings is 1. The van der Waals surface area contributed by atoms with Crippen LogP contribution in [0.25, 0.3) is 11.3 Å². The molecule has 144 valence electrons. The molecule has 2 amide bonds. The Balaban J connectivity index is 1.60. The van der Waals surface area contributed by atoms with Gasteiger partial charge >= 0.3 is 6.03 Å². The molecule has 1 aromatic carbocycles. The van der Waals surface area contributed by atoms with Crippen molar-refractivity contribution in [1.29, 1.82) is 0 Å². The summed E-state index contributed by atoms with van der Waals surface area (Å²) in [7, 11) is 0. The summed E-state index contributed by atoms with van der Waals surface area (Å²) in [5.74, 6) is -0.149. The summed E-state index contributed by atoms with van der Waals surface area (Å²) < 4.78 is 6.17. The number of anilines is 1. The van der Waals surface area contributed by atoms with Gasteiger partial charge in [0.2, 0.25) is 5.76 Å². The molecule has 3 aromatic rings. The van der Waals surface area contributed by atoms with Crippen LogP contribution in [-0.4, -0.2) is 38.5 Å². The van der Waals surface area contributed by atoms with Gasteiger partial charge in [0.1, 0.15) is 5.75 Å². The highest BCUT2D eigenvalue weighted by molar-refractivity contribution is 6.02.